The van der Waals surface area contributed by atoms with Crippen LogP contribution in [0, 0.1) is 5.82 Å². The highest BCUT2D eigenvalue weighted by atomic mass is 32.2. The summed E-state index contributed by atoms with van der Waals surface area (Å²) in [5.74, 6) is -1.21. The number of nitrogens with zero attached hydrogens (tertiary/aromatic N) is 2. The number of halogens is 1. The number of nitrogens with two attached hydrogens (primary N) is 1. The first kappa shape index (κ1) is 13.8. The van der Waals surface area contributed by atoms with Crippen LogP contribution in [0.1, 0.15) is 13.2 Å². The van der Waals surface area contributed by atoms with Crippen molar-refractivity contribution in [3.05, 3.63) is 22.5 Å². The predicted molar refractivity (Wildman–Crippen MR) is 65.9 cm³/mol. The van der Waals surface area contributed by atoms with Crippen molar-refractivity contribution >= 4 is 23.5 Å². The van der Waals surface area contributed by atoms with Gasteiger partial charge in [0.05, 0.1) is 6.20 Å². The summed E-state index contributed by atoms with van der Waals surface area (Å²) in [6, 6.07) is 0. The fourth-order valence-electron chi connectivity index (χ4n) is 1.53. The number of thioether (sulfide) groups is 1. The summed E-state index contributed by atoms with van der Waals surface area (Å²) >= 11 is 1.37. The van der Waals surface area contributed by atoms with Crippen LogP contribution in [-0.4, -0.2) is 33.3 Å². The third-order valence-corrected chi connectivity index (χ3v) is 3.50. The average Bonchev–Trinajstić information content (AvgIpc) is 2.80. The topological polar surface area (TPSA) is 96.4 Å². The zero-order valence-electron chi connectivity index (χ0n) is 10.0. The molecule has 1 aliphatic rings. The van der Waals surface area contributed by atoms with Gasteiger partial charge in [0.1, 0.15) is 18.3 Å². The number of ether oxygens (including phenoxy) is 2. The standard InChI is InChI=1S/C10H12FN3O4S/c1-5(15)17-3-8-18-7(4-19-8)14-2-6(11)9(12)13-10(14)16/h2,7-8H,3-4H2,1H3,(H2,12,13,16)/t7-,8+/m1/s1. The molecule has 0 amide bonds. The van der Waals surface area contributed by atoms with Gasteiger partial charge in [0.2, 0.25) is 0 Å². The van der Waals surface area contributed by atoms with Crippen molar-refractivity contribution in [3.63, 3.8) is 0 Å². The molecule has 0 bridgehead atoms. The molecule has 2 N–H and O–H groups in total. The Morgan fingerprint density at radius 2 is 2.53 bits per heavy atom. The van der Waals surface area contributed by atoms with Crippen molar-refractivity contribution in [2.75, 3.05) is 18.1 Å². The van der Waals surface area contributed by atoms with Gasteiger partial charge in [0.15, 0.2) is 11.6 Å². The van der Waals surface area contributed by atoms with Crippen molar-refractivity contribution < 1.29 is 18.7 Å². The summed E-state index contributed by atoms with van der Waals surface area (Å²) < 4.78 is 24.6. The largest absolute Gasteiger partial charge is 0.462 e. The monoisotopic (exact) mass is 289 g/mol. The number of aromatic nitrogens is 2. The highest BCUT2D eigenvalue weighted by Gasteiger charge is 2.29. The lowest BCUT2D eigenvalue weighted by molar-refractivity contribution is -0.144. The maximum atomic E-state index is 13.3. The van der Waals surface area contributed by atoms with E-state index in [4.69, 9.17) is 15.2 Å². The van der Waals surface area contributed by atoms with E-state index in [1.165, 1.54) is 18.7 Å². The number of hydrogen-bond donors (Lipinski definition) is 1. The number of nitrogen functional groups attached to an aromatic ring is 1. The van der Waals surface area contributed by atoms with Gasteiger partial charge in [0, 0.05) is 12.7 Å². The smallest absolute Gasteiger partial charge is 0.351 e. The molecule has 2 heterocycles. The van der Waals surface area contributed by atoms with E-state index in [1.54, 1.807) is 0 Å². The lowest BCUT2D eigenvalue weighted by Crippen LogP contribution is -2.30. The SMILES string of the molecule is CC(=O)OC[C@H]1O[C@@H](n2cc(F)c(N)nc2=O)CS1. The second kappa shape index (κ2) is 5.57. The van der Waals surface area contributed by atoms with Crippen LogP contribution >= 0.6 is 11.8 Å². The fourth-order valence-corrected chi connectivity index (χ4v) is 2.52. The van der Waals surface area contributed by atoms with Crippen molar-refractivity contribution in [3.8, 4) is 0 Å². The molecule has 1 fully saturated rings. The van der Waals surface area contributed by atoms with Gasteiger partial charge in [-0.1, -0.05) is 0 Å². The van der Waals surface area contributed by atoms with E-state index < -0.39 is 29.5 Å². The second-order valence-electron chi connectivity index (χ2n) is 3.82. The number of anilines is 1. The quantitative estimate of drug-likeness (QED) is 0.789. The van der Waals surface area contributed by atoms with E-state index in [1.807, 2.05) is 0 Å². The average molecular weight is 289 g/mol. The molecule has 0 aromatic carbocycles. The zero-order valence-corrected chi connectivity index (χ0v) is 10.9. The molecule has 1 aromatic rings. The summed E-state index contributed by atoms with van der Waals surface area (Å²) in [5.41, 5.74) is 4.12. The molecule has 1 aromatic heterocycles. The van der Waals surface area contributed by atoms with Gasteiger partial charge in [-0.2, -0.15) is 4.98 Å². The van der Waals surface area contributed by atoms with E-state index in [0.29, 0.717) is 5.75 Å². The van der Waals surface area contributed by atoms with E-state index in [-0.39, 0.29) is 12.0 Å². The van der Waals surface area contributed by atoms with E-state index in [0.717, 1.165) is 10.8 Å². The van der Waals surface area contributed by atoms with Gasteiger partial charge in [-0.25, -0.2) is 9.18 Å². The van der Waals surface area contributed by atoms with Crippen molar-refractivity contribution in [1.29, 1.82) is 0 Å². The molecule has 1 aliphatic heterocycles. The Balaban J connectivity index is 2.07. The van der Waals surface area contributed by atoms with Gasteiger partial charge in [-0.3, -0.25) is 9.36 Å². The first-order chi connectivity index (χ1) is 8.97. The van der Waals surface area contributed by atoms with Gasteiger partial charge in [-0.15, -0.1) is 11.8 Å². The number of carbonyl (C=O) groups is 1. The molecule has 7 nitrogen and oxygen atoms in total. The number of carbonyl (C=O) groups excluding carboxylic acids is 1. The molecule has 1 saturated heterocycles. The Labute approximate surface area is 111 Å². The van der Waals surface area contributed by atoms with Crippen LogP contribution in [0.2, 0.25) is 0 Å². The summed E-state index contributed by atoms with van der Waals surface area (Å²) in [7, 11) is 0. The molecule has 104 valence electrons. The molecule has 0 saturated carbocycles. The van der Waals surface area contributed by atoms with Crippen LogP contribution in [0.4, 0.5) is 10.2 Å². The van der Waals surface area contributed by atoms with Crippen molar-refractivity contribution in [2.45, 2.75) is 18.6 Å². The molecule has 2 atom stereocenters. The summed E-state index contributed by atoms with van der Waals surface area (Å²) in [6.45, 7) is 1.37. The number of rotatable bonds is 3. The van der Waals surface area contributed by atoms with Gasteiger partial charge in [-0.05, 0) is 0 Å². The van der Waals surface area contributed by atoms with Gasteiger partial charge >= 0.3 is 11.7 Å². The van der Waals surface area contributed by atoms with Gasteiger partial charge in [0.25, 0.3) is 0 Å². The van der Waals surface area contributed by atoms with Crippen LogP contribution in [0.15, 0.2) is 11.0 Å². The Morgan fingerprint density at radius 3 is 3.21 bits per heavy atom. The molecule has 0 aliphatic carbocycles. The van der Waals surface area contributed by atoms with Crippen molar-refractivity contribution in [2.24, 2.45) is 0 Å². The summed E-state index contributed by atoms with van der Waals surface area (Å²) in [4.78, 5) is 25.6. The molecule has 0 unspecified atom stereocenters. The first-order valence-corrected chi connectivity index (χ1v) is 6.47. The minimum atomic E-state index is -0.781. The normalized spacial score (nSPS) is 22.4. The maximum absolute atomic E-state index is 13.3. The Morgan fingerprint density at radius 1 is 1.79 bits per heavy atom. The molecule has 19 heavy (non-hydrogen) atoms. The molecule has 0 spiro atoms. The Bertz CT molecular complexity index is 550. The van der Waals surface area contributed by atoms with Gasteiger partial charge < -0.3 is 15.2 Å². The highest BCUT2D eigenvalue weighted by molar-refractivity contribution is 8.00. The van der Waals surface area contributed by atoms with Crippen LogP contribution in [0.5, 0.6) is 0 Å². The van der Waals surface area contributed by atoms with E-state index in [9.17, 15) is 14.0 Å². The molecule has 9 heteroatoms. The van der Waals surface area contributed by atoms with E-state index in [2.05, 4.69) is 4.98 Å². The molecular weight excluding hydrogens is 277 g/mol. The fraction of sp³-hybridized carbons (Fsp3) is 0.500. The third-order valence-electron chi connectivity index (χ3n) is 2.40. The number of hydrogen-bond acceptors (Lipinski definition) is 7. The Hall–Kier alpha value is -1.61. The summed E-state index contributed by atoms with van der Waals surface area (Å²) in [5, 5.41) is 0. The van der Waals surface area contributed by atoms with Crippen LogP contribution in [0.25, 0.3) is 0 Å². The van der Waals surface area contributed by atoms with Crippen LogP contribution in [-0.2, 0) is 14.3 Å². The second-order valence-corrected chi connectivity index (χ2v) is 5.01. The van der Waals surface area contributed by atoms with Crippen LogP contribution < -0.4 is 11.4 Å². The Kier molecular flexibility index (Phi) is 4.05. The lowest BCUT2D eigenvalue weighted by Gasteiger charge is -2.14. The van der Waals surface area contributed by atoms with Crippen molar-refractivity contribution in [1.82, 2.24) is 9.55 Å². The van der Waals surface area contributed by atoms with Crippen LogP contribution in [0.3, 0.4) is 0 Å². The zero-order chi connectivity index (χ0) is 14.0. The molecule has 0 radical (unpaired) electrons. The predicted octanol–water partition coefficient (Wildman–Crippen LogP) is 0.116. The maximum Gasteiger partial charge on any atom is 0.351 e. The summed E-state index contributed by atoms with van der Waals surface area (Å²) in [6.07, 6.45) is 0.310. The lowest BCUT2D eigenvalue weighted by atomic mass is 10.5. The minimum absolute atomic E-state index is 0.0795. The molecular formula is C10H12FN3O4S. The van der Waals surface area contributed by atoms with E-state index >= 15 is 0 Å². The third kappa shape index (κ3) is 3.24. The first-order valence-electron chi connectivity index (χ1n) is 5.42. The number of esters is 1. The molecule has 2 rings (SSSR count). The highest BCUT2D eigenvalue weighted by Crippen LogP contribution is 2.31. The minimum Gasteiger partial charge on any atom is -0.462 e.